The maximum absolute atomic E-state index is 10.6. The highest BCUT2D eigenvalue weighted by Crippen LogP contribution is 2.22. The van der Waals surface area contributed by atoms with Gasteiger partial charge in [-0.25, -0.2) is 4.79 Å². The fraction of sp³-hybridized carbons (Fsp3) is 0.222. The first-order valence-corrected chi connectivity index (χ1v) is 4.54. The van der Waals surface area contributed by atoms with Crippen molar-refractivity contribution in [3.8, 4) is 0 Å². The molecule has 1 N–H and O–H groups in total. The summed E-state index contributed by atoms with van der Waals surface area (Å²) < 4.78 is 0.915. The fourth-order valence-corrected chi connectivity index (χ4v) is 1.27. The van der Waals surface area contributed by atoms with E-state index in [1.807, 2.05) is 13.0 Å². The zero-order valence-corrected chi connectivity index (χ0v) is 9.00. The molecule has 4 heteroatoms. The van der Waals surface area contributed by atoms with Crippen molar-refractivity contribution in [2.45, 2.75) is 6.92 Å². The van der Waals surface area contributed by atoms with Crippen molar-refractivity contribution >= 4 is 27.7 Å². The van der Waals surface area contributed by atoms with E-state index in [2.05, 4.69) is 15.9 Å². The van der Waals surface area contributed by atoms with Crippen LogP contribution in [0.15, 0.2) is 22.7 Å². The van der Waals surface area contributed by atoms with E-state index in [1.54, 1.807) is 12.1 Å². The third kappa shape index (κ3) is 2.21. The van der Waals surface area contributed by atoms with Crippen LogP contribution in [0.3, 0.4) is 0 Å². The molecule has 0 bridgehead atoms. The molecule has 1 rings (SSSR count). The molecule has 13 heavy (non-hydrogen) atoms. The number of rotatable bonds is 1. The Balaban J connectivity index is 3.03. The maximum atomic E-state index is 10.6. The largest absolute Gasteiger partial charge is 0.465 e. The van der Waals surface area contributed by atoms with Gasteiger partial charge < -0.3 is 5.11 Å². The highest BCUT2D eigenvalue weighted by Gasteiger charge is 2.08. The molecule has 0 aromatic heterocycles. The molecule has 70 valence electrons. The summed E-state index contributed by atoms with van der Waals surface area (Å²) in [6.45, 7) is 1.95. The summed E-state index contributed by atoms with van der Waals surface area (Å²) in [5.41, 5.74) is 1.74. The molecule has 1 amide bonds. The van der Waals surface area contributed by atoms with Gasteiger partial charge in [0.15, 0.2) is 0 Å². The Bertz CT molecular complexity index is 338. The third-order valence-corrected chi connectivity index (χ3v) is 2.68. The number of hydrogen-bond donors (Lipinski definition) is 1. The average molecular weight is 244 g/mol. The Morgan fingerprint density at radius 2 is 2.15 bits per heavy atom. The minimum Gasteiger partial charge on any atom is -0.465 e. The van der Waals surface area contributed by atoms with Gasteiger partial charge in [0.1, 0.15) is 0 Å². The molecule has 0 aliphatic heterocycles. The van der Waals surface area contributed by atoms with Crippen LogP contribution in [0.2, 0.25) is 0 Å². The van der Waals surface area contributed by atoms with E-state index in [0.717, 1.165) is 10.0 Å². The molecule has 0 unspecified atom stereocenters. The highest BCUT2D eigenvalue weighted by atomic mass is 79.9. The quantitative estimate of drug-likeness (QED) is 0.825. The second kappa shape index (κ2) is 3.79. The van der Waals surface area contributed by atoms with E-state index in [-0.39, 0.29) is 0 Å². The van der Waals surface area contributed by atoms with Gasteiger partial charge in [0.2, 0.25) is 0 Å². The van der Waals surface area contributed by atoms with Crippen molar-refractivity contribution in [2.24, 2.45) is 0 Å². The lowest BCUT2D eigenvalue weighted by Gasteiger charge is -2.13. The Morgan fingerprint density at radius 1 is 1.54 bits per heavy atom. The summed E-state index contributed by atoms with van der Waals surface area (Å²) >= 11 is 3.34. The van der Waals surface area contributed by atoms with E-state index < -0.39 is 6.09 Å². The molecule has 0 heterocycles. The van der Waals surface area contributed by atoms with Crippen molar-refractivity contribution < 1.29 is 9.90 Å². The van der Waals surface area contributed by atoms with Gasteiger partial charge in [-0.2, -0.15) is 0 Å². The van der Waals surface area contributed by atoms with Crippen molar-refractivity contribution in [1.29, 1.82) is 0 Å². The number of halogens is 1. The van der Waals surface area contributed by atoms with Crippen molar-refractivity contribution in [1.82, 2.24) is 0 Å². The van der Waals surface area contributed by atoms with Crippen LogP contribution in [0, 0.1) is 6.92 Å². The average Bonchev–Trinajstić information content (AvgIpc) is 2.08. The molecule has 0 radical (unpaired) electrons. The number of aryl methyl sites for hydroxylation is 1. The lowest BCUT2D eigenvalue weighted by Crippen LogP contribution is -2.23. The van der Waals surface area contributed by atoms with Crippen LogP contribution in [-0.2, 0) is 0 Å². The number of hydrogen-bond acceptors (Lipinski definition) is 1. The van der Waals surface area contributed by atoms with Crippen molar-refractivity contribution in [3.05, 3.63) is 28.2 Å². The maximum Gasteiger partial charge on any atom is 0.411 e. The van der Waals surface area contributed by atoms with Crippen molar-refractivity contribution in [2.75, 3.05) is 11.9 Å². The van der Waals surface area contributed by atoms with E-state index in [0.29, 0.717) is 5.69 Å². The van der Waals surface area contributed by atoms with Crippen LogP contribution in [0.25, 0.3) is 0 Å². The van der Waals surface area contributed by atoms with Gasteiger partial charge in [0, 0.05) is 17.2 Å². The molecular weight excluding hydrogens is 234 g/mol. The Kier molecular flexibility index (Phi) is 2.93. The van der Waals surface area contributed by atoms with Gasteiger partial charge in [0.25, 0.3) is 0 Å². The number of anilines is 1. The predicted molar refractivity (Wildman–Crippen MR) is 55.3 cm³/mol. The first-order chi connectivity index (χ1) is 6.02. The monoisotopic (exact) mass is 243 g/mol. The zero-order valence-electron chi connectivity index (χ0n) is 7.41. The summed E-state index contributed by atoms with van der Waals surface area (Å²) in [7, 11) is 1.51. The zero-order chi connectivity index (χ0) is 10.0. The van der Waals surface area contributed by atoms with Crippen LogP contribution in [0.1, 0.15) is 5.56 Å². The topological polar surface area (TPSA) is 40.5 Å². The first-order valence-electron chi connectivity index (χ1n) is 3.75. The van der Waals surface area contributed by atoms with Gasteiger partial charge in [-0.1, -0.05) is 22.0 Å². The van der Waals surface area contributed by atoms with Crippen molar-refractivity contribution in [3.63, 3.8) is 0 Å². The molecule has 0 fully saturated rings. The number of amides is 1. The standard InChI is InChI=1S/C9H10BrNO2/c1-6-3-4-7(5-8(6)10)11(2)9(12)13/h3-5H,1-2H3,(H,12,13). The summed E-state index contributed by atoms with van der Waals surface area (Å²) in [4.78, 5) is 11.8. The van der Waals surface area contributed by atoms with Gasteiger partial charge >= 0.3 is 6.09 Å². The third-order valence-electron chi connectivity index (χ3n) is 1.83. The molecule has 0 aliphatic rings. The second-order valence-electron chi connectivity index (χ2n) is 2.78. The van der Waals surface area contributed by atoms with Gasteiger partial charge in [-0.3, -0.25) is 4.90 Å². The SMILES string of the molecule is Cc1ccc(N(C)C(=O)O)cc1Br. The summed E-state index contributed by atoms with van der Waals surface area (Å²) in [5.74, 6) is 0. The van der Waals surface area contributed by atoms with Gasteiger partial charge in [-0.05, 0) is 24.6 Å². The molecule has 0 saturated carbocycles. The number of benzene rings is 1. The Hall–Kier alpha value is -1.03. The molecule has 1 aromatic carbocycles. The Morgan fingerprint density at radius 3 is 2.62 bits per heavy atom. The fourth-order valence-electron chi connectivity index (χ4n) is 0.901. The van der Waals surface area contributed by atoms with Crippen LogP contribution < -0.4 is 4.90 Å². The lowest BCUT2D eigenvalue weighted by atomic mass is 10.2. The van der Waals surface area contributed by atoms with Crippen LogP contribution in [-0.4, -0.2) is 18.2 Å². The summed E-state index contributed by atoms with van der Waals surface area (Å²) in [6, 6.07) is 5.43. The first kappa shape index (κ1) is 10.1. The molecule has 1 aromatic rings. The lowest BCUT2D eigenvalue weighted by molar-refractivity contribution is 0.203. The predicted octanol–water partition coefficient (Wildman–Crippen LogP) is 2.87. The van der Waals surface area contributed by atoms with Gasteiger partial charge in [-0.15, -0.1) is 0 Å². The molecule has 0 saturated heterocycles. The Labute approximate surface area is 85.1 Å². The molecular formula is C9H10BrNO2. The number of nitrogens with zero attached hydrogens (tertiary/aromatic N) is 1. The number of carboxylic acid groups (broad SMARTS) is 1. The minimum atomic E-state index is -0.962. The number of carbonyl (C=O) groups is 1. The van der Waals surface area contributed by atoms with Crippen LogP contribution in [0.5, 0.6) is 0 Å². The van der Waals surface area contributed by atoms with Crippen LogP contribution >= 0.6 is 15.9 Å². The molecule has 0 aliphatic carbocycles. The van der Waals surface area contributed by atoms with E-state index in [9.17, 15) is 4.79 Å². The highest BCUT2D eigenvalue weighted by molar-refractivity contribution is 9.10. The van der Waals surface area contributed by atoms with E-state index >= 15 is 0 Å². The normalized spacial score (nSPS) is 9.77. The van der Waals surface area contributed by atoms with Crippen LogP contribution in [0.4, 0.5) is 10.5 Å². The molecule has 0 spiro atoms. The molecule has 0 atom stereocenters. The molecule has 3 nitrogen and oxygen atoms in total. The summed E-state index contributed by atoms with van der Waals surface area (Å²) in [6.07, 6.45) is -0.962. The second-order valence-corrected chi connectivity index (χ2v) is 3.63. The smallest absolute Gasteiger partial charge is 0.411 e. The van der Waals surface area contributed by atoms with E-state index in [4.69, 9.17) is 5.11 Å². The van der Waals surface area contributed by atoms with Gasteiger partial charge in [0.05, 0.1) is 0 Å². The minimum absolute atomic E-state index is 0.657. The summed E-state index contributed by atoms with van der Waals surface area (Å²) in [5, 5.41) is 8.71. The van der Waals surface area contributed by atoms with E-state index in [1.165, 1.54) is 11.9 Å².